The highest BCUT2D eigenvalue weighted by Crippen LogP contribution is 2.22. The summed E-state index contributed by atoms with van der Waals surface area (Å²) in [5.74, 6) is 0. The average Bonchev–Trinajstić information content (AvgIpc) is 2.73. The Kier molecular flexibility index (Phi) is 8.97. The summed E-state index contributed by atoms with van der Waals surface area (Å²) in [5, 5.41) is 4.82. The third-order valence-corrected chi connectivity index (χ3v) is 21.8. The lowest BCUT2D eigenvalue weighted by Crippen LogP contribution is -2.56. The molecule has 0 aromatic heterocycles. The topological polar surface area (TPSA) is 0 Å². The fourth-order valence-corrected chi connectivity index (χ4v) is 14.2. The van der Waals surface area contributed by atoms with Crippen molar-refractivity contribution in [1.29, 1.82) is 0 Å². The highest BCUT2D eigenvalue weighted by molar-refractivity contribution is 7.01. The van der Waals surface area contributed by atoms with Crippen molar-refractivity contribution in [3.05, 3.63) is 55.0 Å². The van der Waals surface area contributed by atoms with Gasteiger partial charge in [-0.3, -0.25) is 0 Å². The Hall–Kier alpha value is -0.909. The number of rotatable bonds is 12. The predicted molar refractivity (Wildman–Crippen MR) is 136 cm³/mol. The Morgan fingerprint density at radius 2 is 0.704 bits per heavy atom. The maximum absolute atomic E-state index is 4.30. The predicted octanol–water partition coefficient (Wildman–Crippen LogP) is 5.95. The Balaban J connectivity index is 3.94. The van der Waals surface area contributed by atoms with Crippen LogP contribution in [0.2, 0.25) is 36.3 Å². The van der Waals surface area contributed by atoms with E-state index >= 15 is 0 Å². The summed E-state index contributed by atoms with van der Waals surface area (Å²) >= 11 is 0. The highest BCUT2D eigenvalue weighted by atomic mass is 28.3. The first-order chi connectivity index (χ1) is 12.9. The quantitative estimate of drug-likeness (QED) is 0.371. The van der Waals surface area contributed by atoms with Crippen LogP contribution in [0.25, 0.3) is 0 Å². The van der Waals surface area contributed by atoms with Crippen molar-refractivity contribution in [3.8, 4) is 0 Å². The lowest BCUT2D eigenvalue weighted by molar-refractivity contribution is 1.28. The molecule has 3 heteroatoms. The smallest absolute Gasteiger partial charge is 0.107 e. The van der Waals surface area contributed by atoms with Gasteiger partial charge in [0, 0.05) is 0 Å². The number of benzene rings is 1. The molecular weight excluding hydrogens is 373 g/mol. The van der Waals surface area contributed by atoms with E-state index in [2.05, 4.69) is 96.6 Å². The van der Waals surface area contributed by atoms with E-state index in [1.807, 2.05) is 0 Å². The van der Waals surface area contributed by atoms with Crippen molar-refractivity contribution >= 4 is 39.8 Å². The third kappa shape index (κ3) is 4.25. The van der Waals surface area contributed by atoms with Crippen LogP contribution in [-0.4, -0.2) is 24.2 Å². The van der Waals surface area contributed by atoms with E-state index < -0.39 is 24.2 Å². The maximum atomic E-state index is 4.30. The molecule has 0 fully saturated rings. The molecule has 0 aliphatic rings. The Labute approximate surface area is 172 Å². The fourth-order valence-electron chi connectivity index (χ4n) is 4.68. The molecule has 0 aliphatic heterocycles. The molecule has 0 saturated carbocycles. The normalized spacial score (nSPS) is 12.7. The van der Waals surface area contributed by atoms with Crippen molar-refractivity contribution in [3.63, 3.8) is 0 Å². The van der Waals surface area contributed by atoms with E-state index in [0.717, 1.165) is 0 Å². The van der Waals surface area contributed by atoms with Gasteiger partial charge >= 0.3 is 0 Å². The zero-order chi connectivity index (χ0) is 20.7. The van der Waals surface area contributed by atoms with Crippen molar-refractivity contribution in [2.45, 2.75) is 77.8 Å². The lowest BCUT2D eigenvalue weighted by atomic mass is 10.3. The van der Waals surface area contributed by atoms with Crippen LogP contribution in [0.4, 0.5) is 0 Å². The average molecular weight is 415 g/mol. The van der Waals surface area contributed by atoms with Crippen LogP contribution in [0.15, 0.2) is 55.0 Å². The molecule has 1 rings (SSSR count). The van der Waals surface area contributed by atoms with Crippen LogP contribution in [0.1, 0.15) is 41.5 Å². The largest absolute Gasteiger partial charge is 0.109 e. The van der Waals surface area contributed by atoms with Gasteiger partial charge in [0.15, 0.2) is 0 Å². The van der Waals surface area contributed by atoms with E-state index in [4.69, 9.17) is 0 Å². The van der Waals surface area contributed by atoms with Crippen LogP contribution in [0.3, 0.4) is 0 Å². The second-order valence-electron chi connectivity index (χ2n) is 8.00. The van der Waals surface area contributed by atoms with E-state index in [-0.39, 0.29) is 0 Å². The van der Waals surface area contributed by atoms with Gasteiger partial charge in [-0.05, 0) is 0 Å². The van der Waals surface area contributed by atoms with Crippen LogP contribution >= 0.6 is 0 Å². The molecule has 0 atom stereocenters. The lowest BCUT2D eigenvalue weighted by Gasteiger charge is -2.35. The highest BCUT2D eigenvalue weighted by Gasteiger charge is 2.36. The number of hydrogen-bond acceptors (Lipinski definition) is 0. The van der Waals surface area contributed by atoms with Gasteiger partial charge in [-0.25, -0.2) is 0 Å². The van der Waals surface area contributed by atoms with Gasteiger partial charge in [-0.1, -0.05) is 129 Å². The standard InChI is InChI=1S/C24H42Si3/c1-10-25(11-2,12-3)22-19-23(26(13-4,14-5)15-6)21-24(20-22)27(16-7,17-8)18-9/h10,13,16,19-21H,1,4,7,11-12,14-15,17-18H2,2-3,5-6,8-9H3. The first-order valence-electron chi connectivity index (χ1n) is 10.9. The van der Waals surface area contributed by atoms with E-state index in [1.165, 1.54) is 36.3 Å². The minimum atomic E-state index is -1.65. The van der Waals surface area contributed by atoms with Crippen molar-refractivity contribution < 1.29 is 0 Å². The van der Waals surface area contributed by atoms with Gasteiger partial charge in [0.25, 0.3) is 0 Å². The van der Waals surface area contributed by atoms with Gasteiger partial charge in [0.2, 0.25) is 0 Å². The molecule has 150 valence electrons. The van der Waals surface area contributed by atoms with Gasteiger partial charge in [0.05, 0.1) is 0 Å². The summed E-state index contributed by atoms with van der Waals surface area (Å²) in [6, 6.07) is 15.1. The Bertz CT molecular complexity index is 545. The molecule has 0 heterocycles. The molecule has 0 aliphatic carbocycles. The summed E-state index contributed by atoms with van der Waals surface area (Å²) in [5.41, 5.74) is 7.00. The minimum Gasteiger partial charge on any atom is -0.107 e. The summed E-state index contributed by atoms with van der Waals surface area (Å²) < 4.78 is 0. The Morgan fingerprint density at radius 1 is 0.519 bits per heavy atom. The molecular formula is C24H42Si3. The van der Waals surface area contributed by atoms with E-state index in [9.17, 15) is 0 Å². The van der Waals surface area contributed by atoms with Crippen LogP contribution in [-0.2, 0) is 0 Å². The van der Waals surface area contributed by atoms with Gasteiger partial charge in [0.1, 0.15) is 24.2 Å². The summed E-state index contributed by atoms with van der Waals surface area (Å²) in [4.78, 5) is 0. The molecule has 1 aromatic rings. The van der Waals surface area contributed by atoms with Gasteiger partial charge in [-0.2, -0.15) is 0 Å². The molecule has 0 bridgehead atoms. The molecule has 0 unspecified atom stereocenters. The minimum absolute atomic E-state index is 1.23. The van der Waals surface area contributed by atoms with Crippen molar-refractivity contribution in [1.82, 2.24) is 0 Å². The van der Waals surface area contributed by atoms with Gasteiger partial charge < -0.3 is 0 Å². The summed E-state index contributed by atoms with van der Waals surface area (Å²) in [6.45, 7) is 27.1. The Morgan fingerprint density at radius 3 is 0.815 bits per heavy atom. The molecule has 0 N–H and O–H groups in total. The zero-order valence-corrected chi connectivity index (χ0v) is 21.8. The first kappa shape index (κ1) is 24.1. The fraction of sp³-hybridized carbons (Fsp3) is 0.500. The van der Waals surface area contributed by atoms with Gasteiger partial charge in [-0.15, -0.1) is 19.7 Å². The molecule has 0 spiro atoms. The molecule has 1 aromatic carbocycles. The van der Waals surface area contributed by atoms with E-state index in [1.54, 1.807) is 15.6 Å². The van der Waals surface area contributed by atoms with Crippen LogP contribution < -0.4 is 15.6 Å². The van der Waals surface area contributed by atoms with Crippen molar-refractivity contribution in [2.75, 3.05) is 0 Å². The second kappa shape index (κ2) is 10.0. The molecule has 0 amide bonds. The SMILES string of the molecule is C=C[Si](CC)(CC)c1cc([Si](C=C)(CC)CC)cc([Si](C=C)(CC)CC)c1. The van der Waals surface area contributed by atoms with Crippen molar-refractivity contribution in [2.24, 2.45) is 0 Å². The summed E-state index contributed by atoms with van der Waals surface area (Å²) in [7, 11) is -4.95. The van der Waals surface area contributed by atoms with Crippen LogP contribution in [0, 0.1) is 0 Å². The monoisotopic (exact) mass is 414 g/mol. The maximum Gasteiger partial charge on any atom is 0.109 e. The molecule has 0 nitrogen and oxygen atoms in total. The summed E-state index contributed by atoms with van der Waals surface area (Å²) in [6.07, 6.45) is 0. The number of hydrogen-bond donors (Lipinski definition) is 0. The molecule has 27 heavy (non-hydrogen) atoms. The zero-order valence-electron chi connectivity index (χ0n) is 18.8. The first-order valence-corrected chi connectivity index (χ1v) is 18.4. The molecule has 0 saturated heterocycles. The van der Waals surface area contributed by atoms with Crippen LogP contribution in [0.5, 0.6) is 0 Å². The molecule has 0 radical (unpaired) electrons. The van der Waals surface area contributed by atoms with E-state index in [0.29, 0.717) is 0 Å². The second-order valence-corrected chi connectivity index (χ2v) is 22.1. The third-order valence-electron chi connectivity index (χ3n) is 7.62.